The Morgan fingerprint density at radius 2 is 1.65 bits per heavy atom. The monoisotopic (exact) mass is 314 g/mol. The molecular formula is C18H22N2O3. The van der Waals surface area contributed by atoms with E-state index in [4.69, 9.17) is 9.47 Å². The summed E-state index contributed by atoms with van der Waals surface area (Å²) in [6, 6.07) is 5.42. The molecule has 0 atom stereocenters. The van der Waals surface area contributed by atoms with Gasteiger partial charge < -0.3 is 20.1 Å². The summed E-state index contributed by atoms with van der Waals surface area (Å²) >= 11 is 0. The molecule has 4 aliphatic carbocycles. The Bertz CT molecular complexity index is 622. The minimum Gasteiger partial charge on any atom is -0.454 e. The highest BCUT2D eigenvalue weighted by Gasteiger charge is 2.51. The highest BCUT2D eigenvalue weighted by molar-refractivity contribution is 5.90. The molecule has 4 bridgehead atoms. The van der Waals surface area contributed by atoms with Crippen molar-refractivity contribution in [1.82, 2.24) is 5.32 Å². The van der Waals surface area contributed by atoms with Crippen molar-refractivity contribution in [2.24, 2.45) is 17.8 Å². The molecule has 1 aromatic rings. The van der Waals surface area contributed by atoms with Gasteiger partial charge in [0.1, 0.15) is 0 Å². The second kappa shape index (κ2) is 4.79. The number of carbonyl (C=O) groups excluding carboxylic acids is 1. The number of fused-ring (bicyclic) bond motifs is 1. The van der Waals surface area contributed by atoms with Crippen molar-refractivity contribution in [3.8, 4) is 11.5 Å². The van der Waals surface area contributed by atoms with Crippen molar-refractivity contribution in [1.29, 1.82) is 0 Å². The Morgan fingerprint density at radius 3 is 2.35 bits per heavy atom. The molecule has 23 heavy (non-hydrogen) atoms. The van der Waals surface area contributed by atoms with Gasteiger partial charge in [-0.3, -0.25) is 0 Å². The van der Waals surface area contributed by atoms with Gasteiger partial charge in [-0.25, -0.2) is 4.79 Å². The Hall–Kier alpha value is -1.91. The highest BCUT2D eigenvalue weighted by atomic mass is 16.7. The van der Waals surface area contributed by atoms with Crippen molar-refractivity contribution >= 4 is 11.7 Å². The van der Waals surface area contributed by atoms with Crippen molar-refractivity contribution in [2.45, 2.75) is 44.1 Å². The summed E-state index contributed by atoms with van der Waals surface area (Å²) in [6.45, 7) is 0.248. The van der Waals surface area contributed by atoms with Crippen molar-refractivity contribution in [2.75, 3.05) is 12.1 Å². The van der Waals surface area contributed by atoms with Crippen LogP contribution < -0.4 is 20.1 Å². The lowest BCUT2D eigenvalue weighted by molar-refractivity contribution is -0.0127. The van der Waals surface area contributed by atoms with E-state index in [2.05, 4.69) is 10.6 Å². The summed E-state index contributed by atoms with van der Waals surface area (Å²) in [7, 11) is 0. The van der Waals surface area contributed by atoms with Crippen LogP contribution in [0.2, 0.25) is 0 Å². The summed E-state index contributed by atoms with van der Waals surface area (Å²) in [4.78, 5) is 12.5. The van der Waals surface area contributed by atoms with Gasteiger partial charge >= 0.3 is 6.03 Å². The number of benzene rings is 1. The summed E-state index contributed by atoms with van der Waals surface area (Å²) < 4.78 is 10.7. The van der Waals surface area contributed by atoms with Crippen LogP contribution in [0.4, 0.5) is 10.5 Å². The zero-order chi connectivity index (χ0) is 15.4. The standard InChI is InChI=1S/C18H22N2O3/c21-17(19-14-1-2-15-16(6-14)23-10-22-15)20-18-7-11-3-12(8-18)5-13(4-11)9-18/h1-2,6,11-13H,3-5,7-10H2,(H2,19,20,21). The van der Waals surface area contributed by atoms with Crippen LogP contribution in [-0.4, -0.2) is 18.4 Å². The van der Waals surface area contributed by atoms with Crippen LogP contribution in [-0.2, 0) is 0 Å². The predicted molar refractivity (Wildman–Crippen MR) is 85.6 cm³/mol. The van der Waals surface area contributed by atoms with E-state index in [-0.39, 0.29) is 18.4 Å². The molecule has 0 radical (unpaired) electrons. The lowest BCUT2D eigenvalue weighted by Crippen LogP contribution is -2.60. The third-order valence-corrected chi connectivity index (χ3v) is 6.05. The first kappa shape index (κ1) is 13.5. The quantitative estimate of drug-likeness (QED) is 0.878. The van der Waals surface area contributed by atoms with Crippen LogP contribution in [0, 0.1) is 17.8 Å². The maximum Gasteiger partial charge on any atom is 0.319 e. The van der Waals surface area contributed by atoms with Crippen LogP contribution in [0.15, 0.2) is 18.2 Å². The molecular weight excluding hydrogens is 292 g/mol. The minimum atomic E-state index is -0.0918. The zero-order valence-electron chi connectivity index (χ0n) is 13.1. The molecule has 5 aliphatic rings. The average molecular weight is 314 g/mol. The van der Waals surface area contributed by atoms with E-state index < -0.39 is 0 Å². The molecule has 1 aromatic carbocycles. The molecule has 122 valence electrons. The number of hydrogen-bond acceptors (Lipinski definition) is 3. The first-order chi connectivity index (χ1) is 11.2. The van der Waals surface area contributed by atoms with Crippen LogP contribution >= 0.6 is 0 Å². The van der Waals surface area contributed by atoms with Crippen molar-refractivity contribution in [3.63, 3.8) is 0 Å². The van der Waals surface area contributed by atoms with Crippen molar-refractivity contribution in [3.05, 3.63) is 18.2 Å². The van der Waals surface area contributed by atoms with E-state index in [9.17, 15) is 4.79 Å². The Balaban J connectivity index is 1.28. The fraction of sp³-hybridized carbons (Fsp3) is 0.611. The van der Waals surface area contributed by atoms with E-state index in [1.165, 1.54) is 19.3 Å². The van der Waals surface area contributed by atoms with Crippen LogP contribution in [0.5, 0.6) is 11.5 Å². The largest absolute Gasteiger partial charge is 0.454 e. The van der Waals surface area contributed by atoms with Gasteiger partial charge in [0.05, 0.1) is 0 Å². The SMILES string of the molecule is O=C(Nc1ccc2c(c1)OCO2)NC12CC3CC(CC(C3)C1)C2. The van der Waals surface area contributed by atoms with E-state index in [0.717, 1.165) is 48.5 Å². The molecule has 0 unspecified atom stereocenters. The Kier molecular flexibility index (Phi) is 2.82. The number of ether oxygens (including phenoxy) is 2. The fourth-order valence-electron chi connectivity index (χ4n) is 5.64. The second-order valence-corrected chi connectivity index (χ2v) is 7.85. The lowest BCUT2D eigenvalue weighted by Gasteiger charge is -2.56. The fourth-order valence-corrected chi connectivity index (χ4v) is 5.64. The van der Waals surface area contributed by atoms with Gasteiger partial charge in [0.2, 0.25) is 6.79 Å². The average Bonchev–Trinajstić information content (AvgIpc) is 2.92. The number of anilines is 1. The third kappa shape index (κ3) is 2.33. The van der Waals surface area contributed by atoms with E-state index >= 15 is 0 Å². The molecule has 5 nitrogen and oxygen atoms in total. The molecule has 0 saturated heterocycles. The molecule has 4 saturated carbocycles. The number of hydrogen-bond donors (Lipinski definition) is 2. The molecule has 0 aromatic heterocycles. The van der Waals surface area contributed by atoms with Gasteiger partial charge in [-0.05, 0) is 68.4 Å². The topological polar surface area (TPSA) is 59.6 Å². The second-order valence-electron chi connectivity index (χ2n) is 7.85. The van der Waals surface area contributed by atoms with E-state index in [1.54, 1.807) is 0 Å². The zero-order valence-corrected chi connectivity index (χ0v) is 13.1. The third-order valence-electron chi connectivity index (χ3n) is 6.05. The molecule has 2 N–H and O–H groups in total. The maximum atomic E-state index is 12.5. The Labute approximate surface area is 135 Å². The molecule has 6 rings (SSSR count). The molecule has 4 fully saturated rings. The number of nitrogens with one attached hydrogen (secondary N) is 2. The van der Waals surface area contributed by atoms with E-state index in [0.29, 0.717) is 5.75 Å². The van der Waals surface area contributed by atoms with Crippen LogP contribution in [0.1, 0.15) is 38.5 Å². The number of urea groups is 1. The molecule has 5 heteroatoms. The summed E-state index contributed by atoms with van der Waals surface area (Å²) in [5.74, 6) is 3.90. The molecule has 1 aliphatic heterocycles. The van der Waals surface area contributed by atoms with Crippen LogP contribution in [0.25, 0.3) is 0 Å². The minimum absolute atomic E-state index is 0.0369. The molecule has 1 heterocycles. The summed E-state index contributed by atoms with van der Waals surface area (Å²) in [6.07, 6.45) is 7.62. The number of carbonyl (C=O) groups is 1. The number of amides is 2. The highest BCUT2D eigenvalue weighted by Crippen LogP contribution is 2.55. The van der Waals surface area contributed by atoms with Gasteiger partial charge in [-0.2, -0.15) is 0 Å². The van der Waals surface area contributed by atoms with Gasteiger partial charge in [0.15, 0.2) is 11.5 Å². The smallest absolute Gasteiger partial charge is 0.319 e. The molecule has 2 amide bonds. The lowest BCUT2D eigenvalue weighted by atomic mass is 9.53. The van der Waals surface area contributed by atoms with Crippen molar-refractivity contribution < 1.29 is 14.3 Å². The normalized spacial score (nSPS) is 36.1. The van der Waals surface area contributed by atoms with Gasteiger partial charge in [0.25, 0.3) is 0 Å². The maximum absolute atomic E-state index is 12.5. The predicted octanol–water partition coefficient (Wildman–Crippen LogP) is 3.51. The molecule has 0 spiro atoms. The van der Waals surface area contributed by atoms with Gasteiger partial charge in [-0.15, -0.1) is 0 Å². The first-order valence-corrected chi connectivity index (χ1v) is 8.66. The summed E-state index contributed by atoms with van der Waals surface area (Å²) in [5, 5.41) is 6.28. The van der Waals surface area contributed by atoms with Gasteiger partial charge in [-0.1, -0.05) is 0 Å². The van der Waals surface area contributed by atoms with E-state index in [1.807, 2.05) is 18.2 Å². The summed E-state index contributed by atoms with van der Waals surface area (Å²) in [5.41, 5.74) is 0.784. The number of rotatable bonds is 2. The van der Waals surface area contributed by atoms with Crippen LogP contribution in [0.3, 0.4) is 0 Å². The first-order valence-electron chi connectivity index (χ1n) is 8.66. The van der Waals surface area contributed by atoms with Gasteiger partial charge in [0, 0.05) is 17.3 Å². The Morgan fingerprint density at radius 1 is 1.00 bits per heavy atom.